The number of aromatic nitrogens is 5. The van der Waals surface area contributed by atoms with Gasteiger partial charge in [-0.2, -0.15) is 4.98 Å². The standard InChI is InChI=1S/C24H20ClN7O3S2/c1-13(28-20-15(11-27-23(26)31-20)18-12-36-24(30-18)37(2,34)35)21-29-17-10-6-9-16(25)19(17)22(33)32(21)14-7-4-3-5-8-14/h3-13H,1-2H3,(H3,26,27,28,31). The highest BCUT2D eigenvalue weighted by Crippen LogP contribution is 2.32. The lowest BCUT2D eigenvalue weighted by atomic mass is 10.2. The molecule has 5 aromatic rings. The molecule has 10 nitrogen and oxygen atoms in total. The van der Waals surface area contributed by atoms with Crippen molar-refractivity contribution in [2.45, 2.75) is 17.3 Å². The van der Waals surface area contributed by atoms with Crippen molar-refractivity contribution >= 4 is 55.4 Å². The van der Waals surface area contributed by atoms with E-state index in [1.807, 2.05) is 25.1 Å². The lowest BCUT2D eigenvalue weighted by molar-refractivity contribution is 0.601. The second-order valence-electron chi connectivity index (χ2n) is 8.21. The number of anilines is 2. The van der Waals surface area contributed by atoms with Crippen LogP contribution in [0.1, 0.15) is 18.8 Å². The molecule has 1 unspecified atom stereocenters. The van der Waals surface area contributed by atoms with E-state index in [9.17, 15) is 13.2 Å². The fraction of sp³-hybridized carbons (Fsp3) is 0.125. The summed E-state index contributed by atoms with van der Waals surface area (Å²) in [4.78, 5) is 31.1. The first-order chi connectivity index (χ1) is 17.6. The molecule has 0 saturated carbocycles. The summed E-state index contributed by atoms with van der Waals surface area (Å²) in [5.74, 6) is 0.727. The molecule has 0 aliphatic heterocycles. The molecule has 13 heteroatoms. The summed E-state index contributed by atoms with van der Waals surface area (Å²) in [6.07, 6.45) is 2.56. The summed E-state index contributed by atoms with van der Waals surface area (Å²) in [6.45, 7) is 1.82. The minimum Gasteiger partial charge on any atom is -0.368 e. The van der Waals surface area contributed by atoms with Crippen LogP contribution < -0.4 is 16.6 Å². The van der Waals surface area contributed by atoms with Crippen molar-refractivity contribution in [2.24, 2.45) is 0 Å². The number of hydrogen-bond donors (Lipinski definition) is 2. The van der Waals surface area contributed by atoms with E-state index < -0.39 is 15.9 Å². The molecule has 0 bridgehead atoms. The molecule has 5 rings (SSSR count). The van der Waals surface area contributed by atoms with Crippen LogP contribution in [0.15, 0.2) is 69.2 Å². The molecule has 188 valence electrons. The van der Waals surface area contributed by atoms with Gasteiger partial charge in [0.25, 0.3) is 5.56 Å². The number of benzene rings is 2. The van der Waals surface area contributed by atoms with Gasteiger partial charge in [-0.05, 0) is 31.2 Å². The molecule has 0 aliphatic rings. The zero-order valence-corrected chi connectivity index (χ0v) is 22.0. The Labute approximate surface area is 220 Å². The Morgan fingerprint density at radius 2 is 1.84 bits per heavy atom. The molecule has 3 heterocycles. The predicted molar refractivity (Wildman–Crippen MR) is 145 cm³/mol. The largest absolute Gasteiger partial charge is 0.368 e. The van der Waals surface area contributed by atoms with E-state index >= 15 is 0 Å². The molecule has 1 atom stereocenters. The Kier molecular flexibility index (Phi) is 6.40. The quantitative estimate of drug-likeness (QED) is 0.317. The van der Waals surface area contributed by atoms with Gasteiger partial charge in [0.1, 0.15) is 11.6 Å². The zero-order valence-electron chi connectivity index (χ0n) is 19.6. The van der Waals surface area contributed by atoms with E-state index in [1.54, 1.807) is 35.7 Å². The van der Waals surface area contributed by atoms with Crippen molar-refractivity contribution < 1.29 is 8.42 Å². The van der Waals surface area contributed by atoms with Gasteiger partial charge >= 0.3 is 0 Å². The molecule has 0 saturated heterocycles. The van der Waals surface area contributed by atoms with Gasteiger partial charge in [0, 0.05) is 17.8 Å². The van der Waals surface area contributed by atoms with Gasteiger partial charge in [-0.3, -0.25) is 9.36 Å². The summed E-state index contributed by atoms with van der Waals surface area (Å²) < 4.78 is 25.4. The van der Waals surface area contributed by atoms with Crippen LogP contribution in [0.2, 0.25) is 5.02 Å². The highest BCUT2D eigenvalue weighted by Gasteiger charge is 2.22. The van der Waals surface area contributed by atoms with Crippen LogP contribution in [0.5, 0.6) is 0 Å². The van der Waals surface area contributed by atoms with Crippen molar-refractivity contribution in [3.05, 3.63) is 81.3 Å². The van der Waals surface area contributed by atoms with E-state index in [-0.39, 0.29) is 15.8 Å². The molecule has 3 N–H and O–H groups in total. The number of para-hydroxylation sites is 1. The van der Waals surface area contributed by atoms with Gasteiger partial charge in [-0.15, -0.1) is 11.3 Å². The molecule has 0 radical (unpaired) electrons. The zero-order chi connectivity index (χ0) is 26.3. The minimum absolute atomic E-state index is 0.00992. The number of thiazole rings is 1. The number of nitrogen functional groups attached to an aromatic ring is 1. The molecule has 0 aliphatic carbocycles. The van der Waals surface area contributed by atoms with Crippen LogP contribution in [0.4, 0.5) is 11.8 Å². The number of halogens is 1. The molecular formula is C24H20ClN7O3S2. The first kappa shape index (κ1) is 24.8. The van der Waals surface area contributed by atoms with Gasteiger partial charge in [0.15, 0.2) is 0 Å². The minimum atomic E-state index is -3.48. The van der Waals surface area contributed by atoms with E-state index in [4.69, 9.17) is 22.3 Å². The summed E-state index contributed by atoms with van der Waals surface area (Å²) in [5, 5.41) is 5.49. The second kappa shape index (κ2) is 9.54. The average molecular weight is 554 g/mol. The van der Waals surface area contributed by atoms with Gasteiger partial charge in [-0.1, -0.05) is 35.9 Å². The third-order valence-corrected chi connectivity index (χ3v) is 8.38. The first-order valence-electron chi connectivity index (χ1n) is 10.9. The SMILES string of the molecule is CC(Nc1nc(N)ncc1-c1csc(S(C)(=O)=O)n1)c1nc2cccc(Cl)c2c(=O)n1-c1ccccc1. The van der Waals surface area contributed by atoms with Crippen LogP contribution in [0.3, 0.4) is 0 Å². The molecule has 0 spiro atoms. The smallest absolute Gasteiger partial charge is 0.267 e. The molecule has 3 aromatic heterocycles. The van der Waals surface area contributed by atoms with Crippen molar-refractivity contribution in [1.29, 1.82) is 0 Å². The fourth-order valence-electron chi connectivity index (χ4n) is 3.84. The maximum atomic E-state index is 13.7. The van der Waals surface area contributed by atoms with Crippen LogP contribution >= 0.6 is 22.9 Å². The van der Waals surface area contributed by atoms with Crippen LogP contribution in [0.25, 0.3) is 27.8 Å². The lowest BCUT2D eigenvalue weighted by Crippen LogP contribution is -2.27. The van der Waals surface area contributed by atoms with Crippen molar-refractivity contribution in [3.8, 4) is 16.9 Å². The summed E-state index contributed by atoms with van der Waals surface area (Å²) in [5.41, 5.74) is 7.44. The van der Waals surface area contributed by atoms with Crippen LogP contribution in [-0.2, 0) is 9.84 Å². The topological polar surface area (TPSA) is 146 Å². The Balaban J connectivity index is 1.65. The highest BCUT2D eigenvalue weighted by atomic mass is 35.5. The van der Waals surface area contributed by atoms with E-state index in [1.165, 1.54) is 10.8 Å². The normalized spacial score (nSPS) is 12.5. The maximum absolute atomic E-state index is 13.7. The average Bonchev–Trinajstić information content (AvgIpc) is 3.35. The number of nitrogens with two attached hydrogens (primary N) is 1. The summed E-state index contributed by atoms with van der Waals surface area (Å²) >= 11 is 7.37. The maximum Gasteiger partial charge on any atom is 0.267 e. The van der Waals surface area contributed by atoms with E-state index in [2.05, 4.69) is 20.3 Å². The fourth-order valence-corrected chi connectivity index (χ4v) is 5.74. The number of fused-ring (bicyclic) bond motifs is 1. The van der Waals surface area contributed by atoms with Gasteiger partial charge in [0.05, 0.1) is 38.9 Å². The Bertz CT molecular complexity index is 1800. The van der Waals surface area contributed by atoms with Crippen molar-refractivity contribution in [1.82, 2.24) is 24.5 Å². The molecule has 0 amide bonds. The summed E-state index contributed by atoms with van der Waals surface area (Å²) in [6, 6.07) is 13.7. The number of hydrogen-bond acceptors (Lipinski definition) is 10. The number of nitrogens with zero attached hydrogens (tertiary/aromatic N) is 5. The molecule has 2 aromatic carbocycles. The van der Waals surface area contributed by atoms with Crippen molar-refractivity contribution in [2.75, 3.05) is 17.3 Å². The molecular weight excluding hydrogens is 534 g/mol. The van der Waals surface area contributed by atoms with Crippen molar-refractivity contribution in [3.63, 3.8) is 0 Å². The van der Waals surface area contributed by atoms with Crippen LogP contribution in [-0.4, -0.2) is 39.2 Å². The third-order valence-electron chi connectivity index (χ3n) is 5.51. The highest BCUT2D eigenvalue weighted by molar-refractivity contribution is 7.92. The first-order valence-corrected chi connectivity index (χ1v) is 14.1. The summed E-state index contributed by atoms with van der Waals surface area (Å²) in [7, 11) is -3.48. The number of sulfone groups is 1. The Morgan fingerprint density at radius 1 is 1.08 bits per heavy atom. The Morgan fingerprint density at radius 3 is 2.54 bits per heavy atom. The third kappa shape index (κ3) is 4.78. The van der Waals surface area contributed by atoms with E-state index in [0.29, 0.717) is 44.5 Å². The van der Waals surface area contributed by atoms with Gasteiger partial charge in [-0.25, -0.2) is 23.4 Å². The lowest BCUT2D eigenvalue weighted by Gasteiger charge is -2.21. The van der Waals surface area contributed by atoms with Crippen LogP contribution in [0, 0.1) is 0 Å². The van der Waals surface area contributed by atoms with E-state index in [0.717, 1.165) is 17.6 Å². The predicted octanol–water partition coefficient (Wildman–Crippen LogP) is 4.11. The number of nitrogens with one attached hydrogen (secondary N) is 1. The second-order valence-corrected chi connectivity index (χ2v) is 11.7. The molecule has 0 fully saturated rings. The number of rotatable bonds is 6. The van der Waals surface area contributed by atoms with Gasteiger partial charge < -0.3 is 11.1 Å². The van der Waals surface area contributed by atoms with Gasteiger partial charge in [0.2, 0.25) is 20.1 Å². The Hall–Kier alpha value is -3.87. The monoisotopic (exact) mass is 553 g/mol. The molecule has 37 heavy (non-hydrogen) atoms.